The van der Waals surface area contributed by atoms with E-state index in [1.807, 2.05) is 0 Å². The Labute approximate surface area is 91.9 Å². The standard InChI is InChI=1S/C11H9ClN2O/c1-6-5-8(11(13)15)7-3-2-4-9(12)10(7)14-6/h2-5H,1H3,(H2,13,15). The molecular formula is C11H9ClN2O. The largest absolute Gasteiger partial charge is 0.366 e. The number of hydrogen-bond donors (Lipinski definition) is 1. The van der Waals surface area contributed by atoms with Gasteiger partial charge in [0.1, 0.15) is 0 Å². The smallest absolute Gasteiger partial charge is 0.249 e. The van der Waals surface area contributed by atoms with Crippen LogP contribution >= 0.6 is 11.6 Å². The van der Waals surface area contributed by atoms with Crippen molar-refractivity contribution in [3.05, 3.63) is 40.5 Å². The number of carbonyl (C=O) groups excluding carboxylic acids is 1. The number of nitrogens with two attached hydrogens (primary N) is 1. The van der Waals surface area contributed by atoms with Gasteiger partial charge in [-0.25, -0.2) is 0 Å². The molecule has 0 aliphatic heterocycles. The number of fused-ring (bicyclic) bond motifs is 1. The van der Waals surface area contributed by atoms with Gasteiger partial charge in [-0.2, -0.15) is 0 Å². The molecule has 4 heteroatoms. The van der Waals surface area contributed by atoms with Crippen molar-refractivity contribution in [3.63, 3.8) is 0 Å². The van der Waals surface area contributed by atoms with Gasteiger partial charge in [-0.1, -0.05) is 23.7 Å². The summed E-state index contributed by atoms with van der Waals surface area (Å²) in [6.45, 7) is 1.80. The van der Waals surface area contributed by atoms with E-state index < -0.39 is 5.91 Å². The SMILES string of the molecule is Cc1cc(C(N)=O)c2cccc(Cl)c2n1. The maximum atomic E-state index is 11.2. The Balaban J connectivity index is 2.92. The third-order valence-electron chi connectivity index (χ3n) is 2.18. The summed E-state index contributed by atoms with van der Waals surface area (Å²) in [7, 11) is 0. The lowest BCUT2D eigenvalue weighted by Gasteiger charge is -2.05. The van der Waals surface area contributed by atoms with Gasteiger partial charge in [-0.15, -0.1) is 0 Å². The second kappa shape index (κ2) is 3.51. The van der Waals surface area contributed by atoms with Gasteiger partial charge in [-0.3, -0.25) is 9.78 Å². The third-order valence-corrected chi connectivity index (χ3v) is 2.49. The van der Waals surface area contributed by atoms with Crippen molar-refractivity contribution in [3.8, 4) is 0 Å². The van der Waals surface area contributed by atoms with E-state index in [9.17, 15) is 4.79 Å². The molecule has 1 amide bonds. The number of benzene rings is 1. The van der Waals surface area contributed by atoms with Gasteiger partial charge in [0.25, 0.3) is 0 Å². The number of amides is 1. The van der Waals surface area contributed by atoms with Crippen LogP contribution in [0.3, 0.4) is 0 Å². The summed E-state index contributed by atoms with van der Waals surface area (Å²) in [6, 6.07) is 6.96. The molecule has 76 valence electrons. The van der Waals surface area contributed by atoms with Gasteiger partial charge in [0.05, 0.1) is 16.1 Å². The first-order valence-corrected chi connectivity index (χ1v) is 4.83. The highest BCUT2D eigenvalue weighted by molar-refractivity contribution is 6.35. The van der Waals surface area contributed by atoms with Crippen molar-refractivity contribution in [2.75, 3.05) is 0 Å². The molecule has 0 saturated carbocycles. The molecule has 0 aliphatic rings. The number of nitrogens with zero attached hydrogens (tertiary/aromatic N) is 1. The molecule has 0 saturated heterocycles. The molecule has 0 spiro atoms. The van der Waals surface area contributed by atoms with Gasteiger partial charge in [0.15, 0.2) is 0 Å². The lowest BCUT2D eigenvalue weighted by molar-refractivity contribution is 0.100. The lowest BCUT2D eigenvalue weighted by Crippen LogP contribution is -2.12. The number of aromatic nitrogens is 1. The molecule has 0 aliphatic carbocycles. The van der Waals surface area contributed by atoms with Crippen LogP contribution in [0, 0.1) is 6.92 Å². The third kappa shape index (κ3) is 1.66. The molecule has 2 aromatic rings. The van der Waals surface area contributed by atoms with Crippen molar-refractivity contribution >= 4 is 28.4 Å². The Morgan fingerprint density at radius 2 is 2.20 bits per heavy atom. The number of para-hydroxylation sites is 1. The van der Waals surface area contributed by atoms with Crippen LogP contribution in [0.2, 0.25) is 5.02 Å². The van der Waals surface area contributed by atoms with Crippen molar-refractivity contribution < 1.29 is 4.79 Å². The summed E-state index contributed by atoms with van der Waals surface area (Å²) < 4.78 is 0. The van der Waals surface area contributed by atoms with Gasteiger partial charge < -0.3 is 5.73 Å². The van der Waals surface area contributed by atoms with Crippen molar-refractivity contribution in [2.45, 2.75) is 6.92 Å². The Kier molecular flexibility index (Phi) is 2.32. The summed E-state index contributed by atoms with van der Waals surface area (Å²) in [5, 5.41) is 1.22. The van der Waals surface area contributed by atoms with Gasteiger partial charge in [0.2, 0.25) is 5.91 Å². The average Bonchev–Trinajstić information content (AvgIpc) is 2.18. The maximum absolute atomic E-state index is 11.2. The van der Waals surface area contributed by atoms with Crippen LogP contribution in [0.15, 0.2) is 24.3 Å². The normalized spacial score (nSPS) is 10.5. The van der Waals surface area contributed by atoms with Crippen molar-refractivity contribution in [2.24, 2.45) is 5.73 Å². The Bertz CT molecular complexity index is 552. The maximum Gasteiger partial charge on any atom is 0.249 e. The molecule has 2 rings (SSSR count). The van der Waals surface area contributed by atoms with Crippen LogP contribution in [0.1, 0.15) is 16.1 Å². The molecule has 1 aromatic carbocycles. The second-order valence-electron chi connectivity index (χ2n) is 3.31. The highest BCUT2D eigenvalue weighted by Gasteiger charge is 2.10. The Hall–Kier alpha value is -1.61. The van der Waals surface area contributed by atoms with E-state index in [2.05, 4.69) is 4.98 Å². The molecule has 1 heterocycles. The second-order valence-corrected chi connectivity index (χ2v) is 3.72. The van der Waals surface area contributed by atoms with Crippen molar-refractivity contribution in [1.82, 2.24) is 4.98 Å². The Morgan fingerprint density at radius 3 is 2.87 bits per heavy atom. The number of rotatable bonds is 1. The van der Waals surface area contributed by atoms with E-state index in [0.29, 0.717) is 21.5 Å². The van der Waals surface area contributed by atoms with Crippen LogP contribution in [-0.2, 0) is 0 Å². The monoisotopic (exact) mass is 220 g/mol. The summed E-state index contributed by atoms with van der Waals surface area (Å²) >= 11 is 5.99. The van der Waals surface area contributed by atoms with Crippen LogP contribution < -0.4 is 5.73 Å². The number of halogens is 1. The number of carbonyl (C=O) groups is 1. The summed E-state index contributed by atoms with van der Waals surface area (Å²) in [4.78, 5) is 15.5. The summed E-state index contributed by atoms with van der Waals surface area (Å²) in [5.74, 6) is -0.465. The number of primary amides is 1. The van der Waals surface area contributed by atoms with E-state index in [4.69, 9.17) is 17.3 Å². The molecule has 0 fully saturated rings. The van der Waals surface area contributed by atoms with Gasteiger partial charge >= 0.3 is 0 Å². The van der Waals surface area contributed by atoms with E-state index in [0.717, 1.165) is 5.69 Å². The predicted octanol–water partition coefficient (Wildman–Crippen LogP) is 2.30. The number of hydrogen-bond acceptors (Lipinski definition) is 2. The van der Waals surface area contributed by atoms with Gasteiger partial charge in [0, 0.05) is 11.1 Å². The highest BCUT2D eigenvalue weighted by Crippen LogP contribution is 2.24. The first kappa shape index (κ1) is 9.93. The molecule has 0 atom stereocenters. The van der Waals surface area contributed by atoms with Crippen LogP contribution in [0.5, 0.6) is 0 Å². The summed E-state index contributed by atoms with van der Waals surface area (Å²) in [6.07, 6.45) is 0. The van der Waals surface area contributed by atoms with E-state index >= 15 is 0 Å². The summed E-state index contributed by atoms with van der Waals surface area (Å²) in [5.41, 5.74) is 7.09. The van der Waals surface area contributed by atoms with E-state index in [1.165, 1.54) is 0 Å². The molecule has 1 aromatic heterocycles. The molecule has 0 radical (unpaired) electrons. The zero-order valence-electron chi connectivity index (χ0n) is 8.12. The zero-order chi connectivity index (χ0) is 11.0. The van der Waals surface area contributed by atoms with Gasteiger partial charge in [-0.05, 0) is 19.1 Å². The predicted molar refractivity (Wildman–Crippen MR) is 60.0 cm³/mol. The molecule has 0 unspecified atom stereocenters. The minimum absolute atomic E-state index is 0.458. The highest BCUT2D eigenvalue weighted by atomic mass is 35.5. The fourth-order valence-electron chi connectivity index (χ4n) is 1.55. The lowest BCUT2D eigenvalue weighted by atomic mass is 10.1. The van der Waals surface area contributed by atoms with E-state index in [1.54, 1.807) is 31.2 Å². The Morgan fingerprint density at radius 1 is 1.47 bits per heavy atom. The molecular weight excluding hydrogens is 212 g/mol. The minimum Gasteiger partial charge on any atom is -0.366 e. The van der Waals surface area contributed by atoms with Crippen LogP contribution in [0.25, 0.3) is 10.9 Å². The molecule has 3 nitrogen and oxygen atoms in total. The fraction of sp³-hybridized carbons (Fsp3) is 0.0909. The van der Waals surface area contributed by atoms with Crippen LogP contribution in [-0.4, -0.2) is 10.9 Å². The van der Waals surface area contributed by atoms with E-state index in [-0.39, 0.29) is 0 Å². The first-order valence-electron chi connectivity index (χ1n) is 4.45. The quantitative estimate of drug-likeness (QED) is 0.802. The average molecular weight is 221 g/mol. The zero-order valence-corrected chi connectivity index (χ0v) is 8.88. The minimum atomic E-state index is -0.465. The molecule has 2 N–H and O–H groups in total. The number of pyridine rings is 1. The number of aryl methyl sites for hydroxylation is 1. The molecule has 0 bridgehead atoms. The van der Waals surface area contributed by atoms with Crippen LogP contribution in [0.4, 0.5) is 0 Å². The topological polar surface area (TPSA) is 56.0 Å². The molecule has 15 heavy (non-hydrogen) atoms. The first-order chi connectivity index (χ1) is 7.09. The van der Waals surface area contributed by atoms with Crippen molar-refractivity contribution in [1.29, 1.82) is 0 Å². The fourth-order valence-corrected chi connectivity index (χ4v) is 1.76.